The Kier molecular flexibility index (Phi) is 2.83. The van der Waals surface area contributed by atoms with Crippen LogP contribution in [0, 0.1) is 0 Å². The van der Waals surface area contributed by atoms with E-state index in [1.165, 1.54) is 0 Å². The first-order valence-corrected chi connectivity index (χ1v) is 5.98. The monoisotopic (exact) mass is 255 g/mol. The number of para-hydroxylation sites is 1. The van der Waals surface area contributed by atoms with Crippen molar-refractivity contribution in [2.45, 2.75) is 0 Å². The summed E-state index contributed by atoms with van der Waals surface area (Å²) in [7, 11) is 1.62. The van der Waals surface area contributed by atoms with E-state index in [-0.39, 0.29) is 12.5 Å². The first kappa shape index (κ1) is 11.6. The lowest BCUT2D eigenvalue weighted by Gasteiger charge is -2.19. The van der Waals surface area contributed by atoms with Gasteiger partial charge in [-0.05, 0) is 24.3 Å². The van der Waals surface area contributed by atoms with Crippen molar-refractivity contribution in [3.63, 3.8) is 0 Å². The van der Waals surface area contributed by atoms with Gasteiger partial charge in [-0.3, -0.25) is 4.79 Å². The van der Waals surface area contributed by atoms with E-state index in [2.05, 4.69) is 5.32 Å². The lowest BCUT2D eigenvalue weighted by molar-refractivity contribution is -0.118. The Balaban J connectivity index is 2.22. The molecule has 1 N–H and O–H groups in total. The van der Waals surface area contributed by atoms with E-state index in [1.807, 2.05) is 42.5 Å². The Labute approximate surface area is 111 Å². The van der Waals surface area contributed by atoms with Crippen molar-refractivity contribution in [1.82, 2.24) is 0 Å². The van der Waals surface area contributed by atoms with Crippen LogP contribution in [0.2, 0.25) is 0 Å². The average Bonchev–Trinajstić information content (AvgIpc) is 2.44. The fourth-order valence-corrected chi connectivity index (χ4v) is 2.13. The Morgan fingerprint density at radius 2 is 2.00 bits per heavy atom. The van der Waals surface area contributed by atoms with Crippen LogP contribution in [0.4, 0.5) is 5.69 Å². The fourth-order valence-electron chi connectivity index (χ4n) is 2.13. The van der Waals surface area contributed by atoms with Gasteiger partial charge in [-0.2, -0.15) is 0 Å². The molecule has 0 fully saturated rings. The number of fused-ring (bicyclic) bond motifs is 3. The van der Waals surface area contributed by atoms with Crippen LogP contribution < -0.4 is 14.8 Å². The van der Waals surface area contributed by atoms with Gasteiger partial charge < -0.3 is 14.8 Å². The van der Waals surface area contributed by atoms with Crippen LogP contribution in [0.15, 0.2) is 42.5 Å². The minimum Gasteiger partial charge on any atom is -0.497 e. The summed E-state index contributed by atoms with van der Waals surface area (Å²) in [6, 6.07) is 13.2. The van der Waals surface area contributed by atoms with Gasteiger partial charge in [0, 0.05) is 16.8 Å². The van der Waals surface area contributed by atoms with Gasteiger partial charge in [0.2, 0.25) is 0 Å². The molecule has 0 bridgehead atoms. The van der Waals surface area contributed by atoms with Crippen molar-refractivity contribution in [1.29, 1.82) is 0 Å². The zero-order chi connectivity index (χ0) is 13.2. The molecular formula is C15H13NO3. The molecule has 19 heavy (non-hydrogen) atoms. The molecule has 0 spiro atoms. The molecule has 3 rings (SSSR count). The van der Waals surface area contributed by atoms with Crippen molar-refractivity contribution < 1.29 is 14.3 Å². The quantitative estimate of drug-likeness (QED) is 0.852. The number of hydrogen-bond acceptors (Lipinski definition) is 3. The Hall–Kier alpha value is -2.49. The third-order valence-corrected chi connectivity index (χ3v) is 3.04. The van der Waals surface area contributed by atoms with Crippen LogP contribution in [0.3, 0.4) is 0 Å². The van der Waals surface area contributed by atoms with Gasteiger partial charge in [0.25, 0.3) is 5.91 Å². The molecule has 0 saturated carbocycles. The number of hydrogen-bond donors (Lipinski definition) is 1. The van der Waals surface area contributed by atoms with Gasteiger partial charge in [-0.15, -0.1) is 0 Å². The molecule has 1 heterocycles. The predicted octanol–water partition coefficient (Wildman–Crippen LogP) is 2.69. The maximum absolute atomic E-state index is 11.7. The summed E-state index contributed by atoms with van der Waals surface area (Å²) in [5, 5.41) is 2.84. The number of amides is 1. The molecule has 0 aromatic heterocycles. The minimum atomic E-state index is -0.158. The summed E-state index contributed by atoms with van der Waals surface area (Å²) < 4.78 is 10.8. The molecule has 0 saturated heterocycles. The summed E-state index contributed by atoms with van der Waals surface area (Å²) >= 11 is 0. The highest BCUT2D eigenvalue weighted by molar-refractivity contribution is 5.98. The van der Waals surface area contributed by atoms with Crippen molar-refractivity contribution in [2.75, 3.05) is 19.0 Å². The first-order valence-electron chi connectivity index (χ1n) is 5.98. The standard InChI is InChI=1S/C15H13NO3/c1-18-10-6-7-14-12(8-10)11-4-2-3-5-13(11)16-15(17)9-19-14/h2-8H,9H2,1H3,(H,16,17). The molecule has 1 amide bonds. The number of benzene rings is 2. The maximum atomic E-state index is 11.7. The second-order valence-corrected chi connectivity index (χ2v) is 4.24. The molecule has 4 heteroatoms. The second kappa shape index (κ2) is 4.65. The van der Waals surface area contributed by atoms with Gasteiger partial charge in [0.1, 0.15) is 11.5 Å². The largest absolute Gasteiger partial charge is 0.497 e. The smallest absolute Gasteiger partial charge is 0.262 e. The molecule has 0 atom stereocenters. The Morgan fingerprint density at radius 1 is 1.16 bits per heavy atom. The highest BCUT2D eigenvalue weighted by Crippen LogP contribution is 2.38. The van der Waals surface area contributed by atoms with Gasteiger partial charge in [-0.25, -0.2) is 0 Å². The van der Waals surface area contributed by atoms with Crippen molar-refractivity contribution >= 4 is 11.6 Å². The van der Waals surface area contributed by atoms with Gasteiger partial charge in [0.15, 0.2) is 6.61 Å². The number of rotatable bonds is 1. The van der Waals surface area contributed by atoms with Crippen molar-refractivity contribution in [2.24, 2.45) is 0 Å². The van der Waals surface area contributed by atoms with Crippen LogP contribution in [0.25, 0.3) is 11.1 Å². The topological polar surface area (TPSA) is 47.6 Å². The Morgan fingerprint density at radius 3 is 2.84 bits per heavy atom. The first-order chi connectivity index (χ1) is 9.28. The molecule has 96 valence electrons. The predicted molar refractivity (Wildman–Crippen MR) is 72.6 cm³/mol. The van der Waals surface area contributed by atoms with Gasteiger partial charge in [-0.1, -0.05) is 18.2 Å². The maximum Gasteiger partial charge on any atom is 0.262 e. The van der Waals surface area contributed by atoms with Gasteiger partial charge in [0.05, 0.1) is 7.11 Å². The van der Waals surface area contributed by atoms with E-state index in [9.17, 15) is 4.79 Å². The average molecular weight is 255 g/mol. The van der Waals surface area contributed by atoms with E-state index < -0.39 is 0 Å². The molecule has 4 nitrogen and oxygen atoms in total. The fraction of sp³-hybridized carbons (Fsp3) is 0.133. The number of carbonyl (C=O) groups is 1. The lowest BCUT2D eigenvalue weighted by atomic mass is 10.0. The van der Waals surface area contributed by atoms with Crippen molar-refractivity contribution in [3.8, 4) is 22.6 Å². The molecule has 2 aromatic carbocycles. The van der Waals surface area contributed by atoms with E-state index in [0.717, 1.165) is 22.6 Å². The number of ether oxygens (including phenoxy) is 2. The van der Waals surface area contributed by atoms with Crippen LogP contribution in [-0.4, -0.2) is 19.6 Å². The highest BCUT2D eigenvalue weighted by atomic mass is 16.5. The Bertz CT molecular complexity index is 637. The zero-order valence-corrected chi connectivity index (χ0v) is 10.5. The van der Waals surface area contributed by atoms with Crippen LogP contribution in [0.1, 0.15) is 0 Å². The third-order valence-electron chi connectivity index (χ3n) is 3.04. The number of anilines is 1. The van der Waals surface area contributed by atoms with Gasteiger partial charge >= 0.3 is 0 Å². The van der Waals surface area contributed by atoms with Crippen LogP contribution >= 0.6 is 0 Å². The minimum absolute atomic E-state index is 0.00760. The molecule has 1 aliphatic rings. The number of methoxy groups -OCH3 is 1. The zero-order valence-electron chi connectivity index (χ0n) is 10.5. The molecule has 2 aromatic rings. The SMILES string of the molecule is COc1ccc2c(c1)-c1ccccc1NC(=O)CO2. The second-order valence-electron chi connectivity index (χ2n) is 4.24. The van der Waals surface area contributed by atoms with Crippen molar-refractivity contribution in [3.05, 3.63) is 42.5 Å². The lowest BCUT2D eigenvalue weighted by Crippen LogP contribution is -2.22. The summed E-state index contributed by atoms with van der Waals surface area (Å²) in [5.74, 6) is 1.28. The van der Waals surface area contributed by atoms with E-state index in [4.69, 9.17) is 9.47 Å². The summed E-state index contributed by atoms with van der Waals surface area (Å²) in [6.45, 7) is 0.00760. The number of carbonyl (C=O) groups excluding carboxylic acids is 1. The van der Waals surface area contributed by atoms with Crippen LogP contribution in [-0.2, 0) is 4.79 Å². The summed E-state index contributed by atoms with van der Waals surface area (Å²) in [6.07, 6.45) is 0. The molecular weight excluding hydrogens is 242 g/mol. The summed E-state index contributed by atoms with van der Waals surface area (Å²) in [4.78, 5) is 11.7. The third kappa shape index (κ3) is 2.12. The van der Waals surface area contributed by atoms with E-state index in [1.54, 1.807) is 7.11 Å². The van der Waals surface area contributed by atoms with Crippen LogP contribution in [0.5, 0.6) is 11.5 Å². The molecule has 0 unspecified atom stereocenters. The molecule has 0 aliphatic carbocycles. The van der Waals surface area contributed by atoms with E-state index in [0.29, 0.717) is 5.75 Å². The molecule has 1 aliphatic heterocycles. The highest BCUT2D eigenvalue weighted by Gasteiger charge is 2.17. The molecule has 0 radical (unpaired) electrons. The number of nitrogens with one attached hydrogen (secondary N) is 1. The van der Waals surface area contributed by atoms with E-state index >= 15 is 0 Å². The normalized spacial score (nSPS) is 13.2. The summed E-state index contributed by atoms with van der Waals surface area (Å²) in [5.41, 5.74) is 2.62.